The van der Waals surface area contributed by atoms with Crippen molar-refractivity contribution in [2.75, 3.05) is 27.4 Å². The van der Waals surface area contributed by atoms with Crippen molar-refractivity contribution in [1.82, 2.24) is 15.1 Å². The lowest BCUT2D eigenvalue weighted by Gasteiger charge is -2.26. The number of ether oxygens (including phenoxy) is 2. The monoisotopic (exact) mass is 395 g/mol. The zero-order valence-corrected chi connectivity index (χ0v) is 16.0. The topological polar surface area (TPSA) is 108 Å². The van der Waals surface area contributed by atoms with E-state index in [9.17, 15) is 15.0 Å². The van der Waals surface area contributed by atoms with Crippen molar-refractivity contribution >= 4 is 5.91 Å². The Morgan fingerprint density at radius 3 is 2.59 bits per heavy atom. The minimum absolute atomic E-state index is 0.0703. The van der Waals surface area contributed by atoms with Gasteiger partial charge >= 0.3 is 0 Å². The van der Waals surface area contributed by atoms with Crippen molar-refractivity contribution in [3.8, 4) is 28.5 Å². The van der Waals surface area contributed by atoms with Crippen LogP contribution in [-0.4, -0.2) is 58.6 Å². The number of aromatic amines is 1. The molecule has 1 atom stereocenters. The number of carbonyl (C=O) groups is 1. The number of nitrogens with zero attached hydrogens (tertiary/aromatic N) is 2. The van der Waals surface area contributed by atoms with Crippen molar-refractivity contribution in [2.45, 2.75) is 6.04 Å². The number of methoxy groups -OCH3 is 2. The van der Waals surface area contributed by atoms with Crippen LogP contribution in [0.4, 0.5) is 0 Å². The fraction of sp³-hybridized carbons (Fsp3) is 0.238. The summed E-state index contributed by atoms with van der Waals surface area (Å²) in [4.78, 5) is 14.6. The first kappa shape index (κ1) is 18.8. The van der Waals surface area contributed by atoms with Gasteiger partial charge in [-0.25, -0.2) is 0 Å². The molecule has 8 nitrogen and oxygen atoms in total. The van der Waals surface area contributed by atoms with E-state index >= 15 is 0 Å². The van der Waals surface area contributed by atoms with E-state index in [-0.39, 0.29) is 24.8 Å². The number of phenols is 1. The number of benzene rings is 2. The molecule has 2 aromatic carbocycles. The highest BCUT2D eigenvalue weighted by atomic mass is 16.5. The number of hydrogen-bond donors (Lipinski definition) is 3. The van der Waals surface area contributed by atoms with Gasteiger partial charge < -0.3 is 24.6 Å². The second-order valence-electron chi connectivity index (χ2n) is 6.62. The van der Waals surface area contributed by atoms with E-state index in [1.165, 1.54) is 0 Å². The molecule has 0 saturated heterocycles. The second-order valence-corrected chi connectivity index (χ2v) is 6.62. The molecule has 8 heteroatoms. The summed E-state index contributed by atoms with van der Waals surface area (Å²) in [6.45, 7) is -0.0280. The molecule has 0 radical (unpaired) electrons. The Bertz CT molecular complexity index is 1060. The number of aliphatic hydroxyl groups is 1. The summed E-state index contributed by atoms with van der Waals surface area (Å²) in [5.41, 5.74) is 2.79. The van der Waals surface area contributed by atoms with Crippen molar-refractivity contribution in [3.63, 3.8) is 0 Å². The molecule has 150 valence electrons. The summed E-state index contributed by atoms with van der Waals surface area (Å²) >= 11 is 0. The quantitative estimate of drug-likeness (QED) is 0.591. The summed E-state index contributed by atoms with van der Waals surface area (Å²) in [7, 11) is 3.10. The molecule has 0 bridgehead atoms. The van der Waals surface area contributed by atoms with Crippen LogP contribution in [0.1, 0.15) is 27.7 Å². The Morgan fingerprint density at radius 1 is 1.14 bits per heavy atom. The fourth-order valence-corrected chi connectivity index (χ4v) is 3.78. The van der Waals surface area contributed by atoms with Gasteiger partial charge in [-0.2, -0.15) is 5.10 Å². The van der Waals surface area contributed by atoms with Gasteiger partial charge in [-0.3, -0.25) is 9.89 Å². The number of aromatic hydroxyl groups is 1. The highest BCUT2D eigenvalue weighted by Crippen LogP contribution is 2.45. The number of aliphatic hydroxyl groups excluding tert-OH is 1. The van der Waals surface area contributed by atoms with Crippen LogP contribution in [0.5, 0.6) is 17.2 Å². The van der Waals surface area contributed by atoms with E-state index in [1.807, 2.05) is 6.07 Å². The Morgan fingerprint density at radius 2 is 1.90 bits per heavy atom. The first-order chi connectivity index (χ1) is 14.1. The highest BCUT2D eigenvalue weighted by Gasteiger charge is 2.42. The first-order valence-corrected chi connectivity index (χ1v) is 9.11. The normalized spacial score (nSPS) is 15.5. The minimum atomic E-state index is -0.502. The Kier molecular flexibility index (Phi) is 4.85. The third-order valence-corrected chi connectivity index (χ3v) is 5.09. The van der Waals surface area contributed by atoms with Gasteiger partial charge in [-0.1, -0.05) is 18.2 Å². The van der Waals surface area contributed by atoms with Crippen LogP contribution in [-0.2, 0) is 0 Å². The number of rotatable bonds is 6. The summed E-state index contributed by atoms with van der Waals surface area (Å²) in [5.74, 6) is 0.911. The molecule has 1 aliphatic heterocycles. The number of nitrogens with one attached hydrogen (secondary N) is 1. The maximum atomic E-state index is 13.0. The molecular formula is C21H21N3O5. The summed E-state index contributed by atoms with van der Waals surface area (Å²) in [5, 5.41) is 27.0. The molecule has 3 N–H and O–H groups in total. The lowest BCUT2D eigenvalue weighted by atomic mass is 9.95. The number of carbonyl (C=O) groups excluding carboxylic acids is 1. The van der Waals surface area contributed by atoms with Crippen LogP contribution >= 0.6 is 0 Å². The third-order valence-electron chi connectivity index (χ3n) is 5.09. The standard InChI is InChI=1S/C21H21N3O5/c1-28-15-8-7-12(11-16(15)29-2)20-17-18(13-5-3-4-6-14(13)26)22-23-19(17)21(27)24(20)9-10-25/h3-8,11,20,25-26H,9-10H2,1-2H3,(H,22,23). The number of H-pyrrole nitrogens is 1. The summed E-state index contributed by atoms with van der Waals surface area (Å²) < 4.78 is 10.7. The van der Waals surface area contributed by atoms with Gasteiger partial charge in [0.05, 0.1) is 26.9 Å². The maximum Gasteiger partial charge on any atom is 0.273 e. The Balaban J connectivity index is 1.91. The SMILES string of the molecule is COc1ccc(C2c3c(-c4ccccc4O)n[nH]c3C(=O)N2CCO)cc1OC. The number of β-amino-alcohol motifs (C(OH)–C–C–N with tert-alkyl or cyclic N) is 1. The van der Waals surface area contributed by atoms with E-state index in [1.54, 1.807) is 55.5 Å². The van der Waals surface area contributed by atoms with Crippen LogP contribution in [0.3, 0.4) is 0 Å². The number of fused-ring (bicyclic) bond motifs is 1. The van der Waals surface area contributed by atoms with Crippen molar-refractivity contribution < 1.29 is 24.5 Å². The van der Waals surface area contributed by atoms with Crippen LogP contribution in [0.25, 0.3) is 11.3 Å². The molecule has 0 fully saturated rings. The first-order valence-electron chi connectivity index (χ1n) is 9.11. The van der Waals surface area contributed by atoms with Crippen LogP contribution in [0.15, 0.2) is 42.5 Å². The van der Waals surface area contributed by atoms with E-state index in [0.29, 0.717) is 34.0 Å². The van der Waals surface area contributed by atoms with Gasteiger partial charge in [-0.15, -0.1) is 0 Å². The number of amides is 1. The number of aromatic nitrogens is 2. The molecule has 0 spiro atoms. The molecule has 0 saturated carbocycles. The summed E-state index contributed by atoms with van der Waals surface area (Å²) in [6, 6.07) is 11.8. The molecule has 1 aliphatic rings. The van der Waals surface area contributed by atoms with Crippen LogP contribution in [0.2, 0.25) is 0 Å². The van der Waals surface area contributed by atoms with Crippen molar-refractivity contribution in [3.05, 3.63) is 59.3 Å². The van der Waals surface area contributed by atoms with Crippen molar-refractivity contribution in [1.29, 1.82) is 0 Å². The smallest absolute Gasteiger partial charge is 0.273 e. The van der Waals surface area contributed by atoms with Gasteiger partial charge in [0.15, 0.2) is 11.5 Å². The van der Waals surface area contributed by atoms with Gasteiger partial charge in [0.1, 0.15) is 17.1 Å². The average Bonchev–Trinajstić information content (AvgIpc) is 3.28. The Labute approximate surface area is 167 Å². The fourth-order valence-electron chi connectivity index (χ4n) is 3.78. The van der Waals surface area contributed by atoms with E-state index in [4.69, 9.17) is 9.47 Å². The lowest BCUT2D eigenvalue weighted by Crippen LogP contribution is -2.32. The van der Waals surface area contributed by atoms with E-state index in [2.05, 4.69) is 10.2 Å². The molecular weight excluding hydrogens is 374 g/mol. The molecule has 3 aromatic rings. The molecule has 29 heavy (non-hydrogen) atoms. The molecule has 0 aliphatic carbocycles. The number of hydrogen-bond acceptors (Lipinski definition) is 6. The average molecular weight is 395 g/mol. The number of phenolic OH excluding ortho intramolecular Hbond substituents is 1. The molecule has 1 amide bonds. The predicted molar refractivity (Wildman–Crippen MR) is 105 cm³/mol. The molecule has 1 unspecified atom stereocenters. The van der Waals surface area contributed by atoms with Crippen LogP contribution < -0.4 is 9.47 Å². The van der Waals surface area contributed by atoms with Crippen LogP contribution in [0, 0.1) is 0 Å². The molecule has 1 aromatic heterocycles. The molecule has 4 rings (SSSR count). The van der Waals surface area contributed by atoms with E-state index < -0.39 is 6.04 Å². The van der Waals surface area contributed by atoms with Gasteiger partial charge in [-0.05, 0) is 29.8 Å². The summed E-state index contributed by atoms with van der Waals surface area (Å²) in [6.07, 6.45) is 0. The third kappa shape index (κ3) is 2.98. The predicted octanol–water partition coefficient (Wildman–Crippen LogP) is 2.34. The number of para-hydroxylation sites is 1. The van der Waals surface area contributed by atoms with Crippen molar-refractivity contribution in [2.24, 2.45) is 0 Å². The zero-order chi connectivity index (χ0) is 20.5. The van der Waals surface area contributed by atoms with Gasteiger partial charge in [0.25, 0.3) is 5.91 Å². The van der Waals surface area contributed by atoms with E-state index in [0.717, 1.165) is 5.56 Å². The highest BCUT2D eigenvalue weighted by molar-refractivity contribution is 6.00. The molecule has 2 heterocycles. The van der Waals surface area contributed by atoms with Gasteiger partial charge in [0.2, 0.25) is 0 Å². The maximum absolute atomic E-state index is 13.0. The largest absolute Gasteiger partial charge is 0.507 e. The zero-order valence-electron chi connectivity index (χ0n) is 16.0. The second kappa shape index (κ2) is 7.48. The minimum Gasteiger partial charge on any atom is -0.507 e. The lowest BCUT2D eigenvalue weighted by molar-refractivity contribution is 0.0706. The Hall–Kier alpha value is -3.52. The van der Waals surface area contributed by atoms with Gasteiger partial charge in [0, 0.05) is 17.7 Å².